The Morgan fingerprint density at radius 2 is 0.902 bits per heavy atom. The number of carbonyl (C=O) groups is 1. The highest BCUT2D eigenvalue weighted by molar-refractivity contribution is 7.47. The van der Waals surface area contributed by atoms with Gasteiger partial charge in [-0.15, -0.1) is 0 Å². The van der Waals surface area contributed by atoms with E-state index in [0.29, 0.717) is 17.4 Å². The van der Waals surface area contributed by atoms with E-state index in [0.717, 1.165) is 51.4 Å². The molecule has 8 nitrogen and oxygen atoms in total. The number of hydrogen-bond acceptors (Lipinski definition) is 5. The van der Waals surface area contributed by atoms with Crippen LogP contribution >= 0.6 is 7.82 Å². The molecule has 360 valence electrons. The summed E-state index contributed by atoms with van der Waals surface area (Å²) in [7, 11) is 1.55. The Balaban J connectivity index is 4.34. The van der Waals surface area contributed by atoms with Crippen molar-refractivity contribution in [2.75, 3.05) is 40.9 Å². The highest BCUT2D eigenvalue weighted by Crippen LogP contribution is 2.43. The van der Waals surface area contributed by atoms with Gasteiger partial charge in [-0.25, -0.2) is 4.57 Å². The molecule has 3 N–H and O–H groups in total. The lowest BCUT2D eigenvalue weighted by Crippen LogP contribution is -2.45. The molecule has 3 unspecified atom stereocenters. The van der Waals surface area contributed by atoms with Crippen LogP contribution < -0.4 is 5.32 Å². The quantitative estimate of drug-likeness (QED) is 0.0243. The van der Waals surface area contributed by atoms with Crippen molar-refractivity contribution in [2.24, 2.45) is 0 Å². The maximum absolute atomic E-state index is 12.9. The van der Waals surface area contributed by atoms with Gasteiger partial charge in [0.2, 0.25) is 5.91 Å². The second kappa shape index (κ2) is 43.9. The van der Waals surface area contributed by atoms with Gasteiger partial charge in [0.25, 0.3) is 0 Å². The number of allylic oxidation sites excluding steroid dienone is 5. The smallest absolute Gasteiger partial charge is 0.387 e. The van der Waals surface area contributed by atoms with Gasteiger partial charge in [0, 0.05) is 6.42 Å². The lowest BCUT2D eigenvalue weighted by Gasteiger charge is -2.25. The van der Waals surface area contributed by atoms with Crippen molar-refractivity contribution in [3.63, 3.8) is 0 Å². The number of rotatable bonds is 47. The topological polar surface area (TPSA) is 105 Å². The molecule has 0 aromatic heterocycles. The maximum Gasteiger partial charge on any atom is 0.472 e. The van der Waals surface area contributed by atoms with Crippen LogP contribution in [0.5, 0.6) is 0 Å². The highest BCUT2D eigenvalue weighted by atomic mass is 31.2. The number of quaternary nitrogens is 1. The average Bonchev–Trinajstić information content (AvgIpc) is 3.21. The van der Waals surface area contributed by atoms with Gasteiger partial charge >= 0.3 is 7.82 Å². The Bertz CT molecular complexity index is 1090. The summed E-state index contributed by atoms with van der Waals surface area (Å²) in [4.78, 5) is 23.2. The van der Waals surface area contributed by atoms with E-state index in [-0.39, 0.29) is 19.1 Å². The highest BCUT2D eigenvalue weighted by Gasteiger charge is 2.27. The minimum atomic E-state index is -4.35. The van der Waals surface area contributed by atoms with Crippen molar-refractivity contribution >= 4 is 13.7 Å². The molecule has 0 aliphatic heterocycles. The molecule has 0 aromatic rings. The predicted molar refractivity (Wildman–Crippen MR) is 263 cm³/mol. The Morgan fingerprint density at radius 3 is 1.31 bits per heavy atom. The van der Waals surface area contributed by atoms with Crippen LogP contribution in [0, 0.1) is 0 Å². The standard InChI is InChI=1S/C52H101N2O6P/c1-6-8-10-12-14-16-18-20-22-24-25-26-27-28-29-30-31-33-35-37-39-41-43-45-51(55)50(49-60-61(57,58)59-48-47-54(3,4)5)53-52(56)46-44-42-40-38-36-34-32-23-21-19-17-15-13-11-9-7-2/h23,32,35,37,43,45,50-51,55H,6-22,24-31,33-34,36,38-42,44,46-49H2,1-5H3,(H-,53,56,57,58)/p+1/b32-23-,37-35+,45-43+. The zero-order chi connectivity index (χ0) is 45.0. The lowest BCUT2D eigenvalue weighted by atomic mass is 10.0. The fourth-order valence-electron chi connectivity index (χ4n) is 7.46. The van der Waals surface area contributed by atoms with Crippen LogP contribution in [0.4, 0.5) is 0 Å². The summed E-state index contributed by atoms with van der Waals surface area (Å²) in [5.74, 6) is -0.194. The number of likely N-dealkylation sites (N-methyl/N-ethyl adjacent to an activating group) is 1. The molecular formula is C52H102N2O6P+. The molecule has 0 aliphatic carbocycles. The van der Waals surface area contributed by atoms with E-state index in [9.17, 15) is 19.4 Å². The van der Waals surface area contributed by atoms with E-state index in [4.69, 9.17) is 9.05 Å². The molecule has 0 saturated heterocycles. The number of unbranched alkanes of at least 4 members (excludes halogenated alkanes) is 30. The Morgan fingerprint density at radius 1 is 0.541 bits per heavy atom. The molecule has 0 spiro atoms. The molecule has 0 saturated carbocycles. The monoisotopic (exact) mass is 882 g/mol. The second-order valence-corrected chi connectivity index (χ2v) is 20.3. The second-order valence-electron chi connectivity index (χ2n) is 18.9. The summed E-state index contributed by atoms with van der Waals surface area (Å²) in [5, 5.41) is 13.9. The van der Waals surface area contributed by atoms with Crippen LogP contribution in [-0.2, 0) is 18.4 Å². The normalized spacial score (nSPS) is 14.4. The number of amides is 1. The number of aliphatic hydroxyl groups is 1. The SMILES string of the molecule is CCCCCCCCC/C=C\CCCCCCCC(=O)NC(COP(=O)(O)OCC[N+](C)(C)C)C(O)/C=C/CC/C=C/CCCCCCCCCCCCCCCCCCC. The van der Waals surface area contributed by atoms with Gasteiger partial charge in [-0.3, -0.25) is 13.8 Å². The number of nitrogens with zero attached hydrogens (tertiary/aromatic N) is 1. The molecule has 0 bridgehead atoms. The number of phosphoric acid groups is 1. The largest absolute Gasteiger partial charge is 0.472 e. The summed E-state index contributed by atoms with van der Waals surface area (Å²) >= 11 is 0. The van der Waals surface area contributed by atoms with Crippen LogP contribution in [0.2, 0.25) is 0 Å². The van der Waals surface area contributed by atoms with Gasteiger partial charge in [-0.2, -0.15) is 0 Å². The average molecular weight is 882 g/mol. The zero-order valence-corrected chi connectivity index (χ0v) is 41.8. The molecule has 0 heterocycles. The minimum Gasteiger partial charge on any atom is -0.387 e. The summed E-state index contributed by atoms with van der Waals surface area (Å²) in [6, 6.07) is -0.866. The van der Waals surface area contributed by atoms with Crippen molar-refractivity contribution < 1.29 is 32.9 Å². The summed E-state index contributed by atoms with van der Waals surface area (Å²) in [5.41, 5.74) is 0. The first kappa shape index (κ1) is 59.7. The third-order valence-electron chi connectivity index (χ3n) is 11.6. The van der Waals surface area contributed by atoms with Crippen LogP contribution in [-0.4, -0.2) is 73.4 Å². The molecule has 0 rings (SSSR count). The number of carbonyl (C=O) groups excluding carboxylic acids is 1. The molecule has 0 radical (unpaired) electrons. The molecule has 9 heteroatoms. The maximum atomic E-state index is 12.9. The third kappa shape index (κ3) is 46.5. The first-order valence-electron chi connectivity index (χ1n) is 25.9. The van der Waals surface area contributed by atoms with E-state index in [1.165, 1.54) is 167 Å². The van der Waals surface area contributed by atoms with E-state index in [1.807, 2.05) is 27.2 Å². The van der Waals surface area contributed by atoms with E-state index >= 15 is 0 Å². The minimum absolute atomic E-state index is 0.0549. The molecule has 1 amide bonds. The molecule has 0 fully saturated rings. The van der Waals surface area contributed by atoms with Crippen molar-refractivity contribution in [3.8, 4) is 0 Å². The summed E-state index contributed by atoms with van der Waals surface area (Å²) in [6.45, 7) is 4.80. The van der Waals surface area contributed by atoms with Crippen molar-refractivity contribution in [2.45, 2.75) is 251 Å². The van der Waals surface area contributed by atoms with Crippen LogP contribution in [0.1, 0.15) is 239 Å². The molecule has 0 aromatic carbocycles. The van der Waals surface area contributed by atoms with Crippen molar-refractivity contribution in [1.29, 1.82) is 0 Å². The fourth-order valence-corrected chi connectivity index (χ4v) is 8.20. The summed E-state index contributed by atoms with van der Waals surface area (Å²) in [6.07, 6.45) is 55.2. The molecule has 3 atom stereocenters. The molecule has 0 aliphatic rings. The Labute approximate surface area is 378 Å². The van der Waals surface area contributed by atoms with Crippen LogP contribution in [0.3, 0.4) is 0 Å². The lowest BCUT2D eigenvalue weighted by molar-refractivity contribution is -0.870. The van der Waals surface area contributed by atoms with Gasteiger partial charge < -0.3 is 19.8 Å². The Kier molecular flexibility index (Phi) is 43.0. The molecule has 61 heavy (non-hydrogen) atoms. The first-order valence-corrected chi connectivity index (χ1v) is 27.4. The molecular weight excluding hydrogens is 780 g/mol. The first-order chi connectivity index (χ1) is 29.5. The predicted octanol–water partition coefficient (Wildman–Crippen LogP) is 15.0. The number of nitrogens with one attached hydrogen (secondary N) is 1. The zero-order valence-electron chi connectivity index (χ0n) is 40.9. The van der Waals surface area contributed by atoms with Crippen LogP contribution in [0.15, 0.2) is 36.5 Å². The van der Waals surface area contributed by atoms with E-state index < -0.39 is 20.0 Å². The third-order valence-corrected chi connectivity index (χ3v) is 12.6. The van der Waals surface area contributed by atoms with Gasteiger partial charge in [0.05, 0.1) is 39.9 Å². The van der Waals surface area contributed by atoms with Crippen molar-refractivity contribution in [1.82, 2.24) is 5.32 Å². The Hall–Kier alpha value is -1.28. The van der Waals surface area contributed by atoms with Crippen molar-refractivity contribution in [3.05, 3.63) is 36.5 Å². The number of hydrogen-bond donors (Lipinski definition) is 3. The number of aliphatic hydroxyl groups excluding tert-OH is 1. The van der Waals surface area contributed by atoms with Gasteiger partial charge in [0.1, 0.15) is 13.2 Å². The van der Waals surface area contributed by atoms with Crippen LogP contribution in [0.25, 0.3) is 0 Å². The van der Waals surface area contributed by atoms with E-state index in [2.05, 4.69) is 43.5 Å². The fraction of sp³-hybridized carbons (Fsp3) is 0.865. The van der Waals surface area contributed by atoms with E-state index in [1.54, 1.807) is 6.08 Å². The summed E-state index contributed by atoms with van der Waals surface area (Å²) < 4.78 is 23.6. The van der Waals surface area contributed by atoms with Gasteiger partial charge in [-0.1, -0.05) is 211 Å². The van der Waals surface area contributed by atoms with Gasteiger partial charge in [-0.05, 0) is 57.8 Å². The van der Waals surface area contributed by atoms with Gasteiger partial charge in [0.15, 0.2) is 0 Å². The number of phosphoric ester groups is 1.